The van der Waals surface area contributed by atoms with Crippen molar-refractivity contribution >= 4 is 12.0 Å². The van der Waals surface area contributed by atoms with Crippen molar-refractivity contribution in [2.45, 2.75) is 6.54 Å². The van der Waals surface area contributed by atoms with Crippen LogP contribution in [0.15, 0.2) is 59.1 Å². The van der Waals surface area contributed by atoms with Gasteiger partial charge in [0.05, 0.1) is 7.11 Å². The number of aliphatic carboxylic acids is 1. The summed E-state index contributed by atoms with van der Waals surface area (Å²) in [7, 11) is 1.59. The van der Waals surface area contributed by atoms with E-state index in [-0.39, 0.29) is 12.6 Å². The standard InChI is InChI=1S/C18H17N3O4/c1-24-15-9-7-14(8-10-15)17-19-18(25-20-17)21(12-16(22)23)11-13-5-3-2-4-6-13/h2-10H,11-12H2,1H3,(H,22,23). The lowest BCUT2D eigenvalue weighted by Gasteiger charge is -2.17. The number of nitrogens with zero attached hydrogens (tertiary/aromatic N) is 3. The van der Waals surface area contributed by atoms with Gasteiger partial charge in [-0.1, -0.05) is 35.5 Å². The highest BCUT2D eigenvalue weighted by Crippen LogP contribution is 2.23. The number of hydrogen-bond acceptors (Lipinski definition) is 6. The van der Waals surface area contributed by atoms with E-state index in [2.05, 4.69) is 10.1 Å². The topological polar surface area (TPSA) is 88.7 Å². The highest BCUT2D eigenvalue weighted by molar-refractivity contribution is 5.72. The first-order chi connectivity index (χ1) is 12.2. The van der Waals surface area contributed by atoms with Crippen LogP contribution in [0.4, 0.5) is 6.01 Å². The van der Waals surface area contributed by atoms with Crippen molar-refractivity contribution < 1.29 is 19.2 Å². The lowest BCUT2D eigenvalue weighted by Crippen LogP contribution is -2.29. The molecule has 0 atom stereocenters. The third-order valence-corrected chi connectivity index (χ3v) is 3.58. The summed E-state index contributed by atoms with van der Waals surface area (Å²) in [5.41, 5.74) is 1.71. The number of rotatable bonds is 7. The Balaban J connectivity index is 1.83. The maximum absolute atomic E-state index is 11.2. The SMILES string of the molecule is COc1ccc(-c2noc(N(CC(=O)O)Cc3ccccc3)n2)cc1. The molecule has 128 valence electrons. The third kappa shape index (κ3) is 4.14. The summed E-state index contributed by atoms with van der Waals surface area (Å²) in [5, 5.41) is 13.1. The van der Waals surface area contributed by atoms with Crippen LogP contribution in [0.25, 0.3) is 11.4 Å². The summed E-state index contributed by atoms with van der Waals surface area (Å²) in [6, 6.07) is 16.9. The molecule has 3 rings (SSSR count). The second-order valence-corrected chi connectivity index (χ2v) is 5.36. The van der Waals surface area contributed by atoms with E-state index in [1.54, 1.807) is 19.2 Å². The Morgan fingerprint density at radius 2 is 1.88 bits per heavy atom. The van der Waals surface area contributed by atoms with Gasteiger partial charge in [0.2, 0.25) is 5.82 Å². The Morgan fingerprint density at radius 1 is 1.16 bits per heavy atom. The molecular weight excluding hydrogens is 322 g/mol. The fourth-order valence-electron chi connectivity index (χ4n) is 2.36. The largest absolute Gasteiger partial charge is 0.497 e. The van der Waals surface area contributed by atoms with Crippen molar-refractivity contribution in [3.8, 4) is 17.1 Å². The molecule has 1 heterocycles. The third-order valence-electron chi connectivity index (χ3n) is 3.58. The number of carboxylic acid groups (broad SMARTS) is 1. The molecule has 0 saturated heterocycles. The zero-order valence-electron chi connectivity index (χ0n) is 13.6. The van der Waals surface area contributed by atoms with Gasteiger partial charge in [0.1, 0.15) is 12.3 Å². The second-order valence-electron chi connectivity index (χ2n) is 5.36. The molecule has 25 heavy (non-hydrogen) atoms. The summed E-state index contributed by atoms with van der Waals surface area (Å²) in [6.45, 7) is 0.122. The Hall–Kier alpha value is -3.35. The molecule has 3 aromatic rings. The van der Waals surface area contributed by atoms with Gasteiger partial charge in [-0.05, 0) is 29.8 Å². The van der Waals surface area contributed by atoms with E-state index in [0.717, 1.165) is 16.9 Å². The minimum absolute atomic E-state index is 0.164. The summed E-state index contributed by atoms with van der Waals surface area (Å²) in [5.74, 6) is 0.144. The predicted molar refractivity (Wildman–Crippen MR) is 91.4 cm³/mol. The number of ether oxygens (including phenoxy) is 1. The fraction of sp³-hybridized carbons (Fsp3) is 0.167. The van der Waals surface area contributed by atoms with Crippen LogP contribution in [0.5, 0.6) is 5.75 Å². The van der Waals surface area contributed by atoms with Crippen LogP contribution in [0, 0.1) is 0 Å². The molecule has 0 spiro atoms. The number of anilines is 1. The molecule has 0 saturated carbocycles. The lowest BCUT2D eigenvalue weighted by atomic mass is 10.2. The number of hydrogen-bond donors (Lipinski definition) is 1. The molecule has 0 radical (unpaired) electrons. The fourth-order valence-corrected chi connectivity index (χ4v) is 2.36. The van der Waals surface area contributed by atoms with Crippen LogP contribution in [0.2, 0.25) is 0 Å². The van der Waals surface area contributed by atoms with Gasteiger partial charge < -0.3 is 19.3 Å². The molecule has 7 nitrogen and oxygen atoms in total. The number of aromatic nitrogens is 2. The van der Waals surface area contributed by atoms with Crippen molar-refractivity contribution in [1.29, 1.82) is 0 Å². The highest BCUT2D eigenvalue weighted by Gasteiger charge is 2.18. The average molecular weight is 339 g/mol. The first kappa shape index (κ1) is 16.5. The molecule has 2 aromatic carbocycles. The smallest absolute Gasteiger partial charge is 0.325 e. The Labute approximate surface area is 144 Å². The first-order valence-corrected chi connectivity index (χ1v) is 7.64. The van der Waals surface area contributed by atoms with Gasteiger partial charge in [0, 0.05) is 12.1 Å². The predicted octanol–water partition coefficient (Wildman–Crippen LogP) is 2.84. The number of benzene rings is 2. The number of carboxylic acids is 1. The van der Waals surface area contributed by atoms with Gasteiger partial charge in [-0.2, -0.15) is 4.98 Å². The van der Waals surface area contributed by atoms with Crippen LogP contribution in [-0.4, -0.2) is 34.9 Å². The van der Waals surface area contributed by atoms with Gasteiger partial charge in [-0.3, -0.25) is 4.79 Å². The van der Waals surface area contributed by atoms with Crippen molar-refractivity contribution in [1.82, 2.24) is 10.1 Å². The molecule has 0 aliphatic rings. The van der Waals surface area contributed by atoms with Crippen molar-refractivity contribution in [3.05, 3.63) is 60.2 Å². The van der Waals surface area contributed by atoms with E-state index < -0.39 is 5.97 Å². The minimum Gasteiger partial charge on any atom is -0.497 e. The highest BCUT2D eigenvalue weighted by atomic mass is 16.5. The van der Waals surface area contributed by atoms with Gasteiger partial charge in [-0.15, -0.1) is 0 Å². The van der Waals surface area contributed by atoms with E-state index in [9.17, 15) is 4.79 Å². The molecule has 0 bridgehead atoms. The Morgan fingerprint density at radius 3 is 2.52 bits per heavy atom. The Kier molecular flexibility index (Phi) is 4.94. The molecule has 1 N–H and O–H groups in total. The molecule has 0 unspecified atom stereocenters. The molecule has 0 fully saturated rings. The van der Waals surface area contributed by atoms with Crippen molar-refractivity contribution in [2.24, 2.45) is 0 Å². The molecule has 0 aliphatic heterocycles. The molecule has 7 heteroatoms. The van der Waals surface area contributed by atoms with Crippen LogP contribution < -0.4 is 9.64 Å². The number of methoxy groups -OCH3 is 1. The van der Waals surface area contributed by atoms with Gasteiger partial charge in [-0.25, -0.2) is 0 Å². The zero-order chi connectivity index (χ0) is 17.6. The van der Waals surface area contributed by atoms with Crippen molar-refractivity contribution in [3.63, 3.8) is 0 Å². The monoisotopic (exact) mass is 339 g/mol. The van der Waals surface area contributed by atoms with E-state index in [1.165, 1.54) is 4.90 Å². The number of carbonyl (C=O) groups is 1. The summed E-state index contributed by atoms with van der Waals surface area (Å²) < 4.78 is 10.4. The molecule has 0 amide bonds. The summed E-state index contributed by atoms with van der Waals surface area (Å²) in [4.78, 5) is 17.0. The van der Waals surface area contributed by atoms with E-state index in [1.807, 2.05) is 42.5 Å². The quantitative estimate of drug-likeness (QED) is 0.708. The van der Waals surface area contributed by atoms with Crippen LogP contribution in [0.1, 0.15) is 5.56 Å². The van der Waals surface area contributed by atoms with Gasteiger partial charge >= 0.3 is 12.0 Å². The van der Waals surface area contributed by atoms with E-state index >= 15 is 0 Å². The van der Waals surface area contributed by atoms with Crippen molar-refractivity contribution in [2.75, 3.05) is 18.6 Å². The minimum atomic E-state index is -0.972. The summed E-state index contributed by atoms with van der Waals surface area (Å²) in [6.07, 6.45) is 0. The average Bonchev–Trinajstić information content (AvgIpc) is 3.12. The van der Waals surface area contributed by atoms with Crippen LogP contribution in [-0.2, 0) is 11.3 Å². The van der Waals surface area contributed by atoms with Crippen LogP contribution in [0.3, 0.4) is 0 Å². The van der Waals surface area contributed by atoms with E-state index in [4.69, 9.17) is 14.4 Å². The van der Waals surface area contributed by atoms with Gasteiger partial charge in [0.25, 0.3) is 0 Å². The zero-order valence-corrected chi connectivity index (χ0v) is 13.6. The second kappa shape index (κ2) is 7.48. The maximum Gasteiger partial charge on any atom is 0.325 e. The molecular formula is C18H17N3O4. The maximum atomic E-state index is 11.2. The lowest BCUT2D eigenvalue weighted by molar-refractivity contribution is -0.135. The van der Waals surface area contributed by atoms with E-state index in [0.29, 0.717) is 12.4 Å². The molecule has 1 aromatic heterocycles. The normalized spacial score (nSPS) is 10.4. The van der Waals surface area contributed by atoms with Gasteiger partial charge in [0.15, 0.2) is 0 Å². The summed E-state index contributed by atoms with van der Waals surface area (Å²) >= 11 is 0. The first-order valence-electron chi connectivity index (χ1n) is 7.64. The molecule has 0 aliphatic carbocycles. The van der Waals surface area contributed by atoms with Crippen LogP contribution >= 0.6 is 0 Å². The Bertz CT molecular complexity index is 831.